The lowest BCUT2D eigenvalue weighted by Crippen LogP contribution is -2.54. The van der Waals surface area contributed by atoms with Crippen LogP contribution < -0.4 is 5.32 Å². The molecule has 3 nitrogen and oxygen atoms in total. The lowest BCUT2D eigenvalue weighted by molar-refractivity contribution is -0.138. The summed E-state index contributed by atoms with van der Waals surface area (Å²) in [5.41, 5.74) is 0. The number of nitrogens with zero attached hydrogens (tertiary/aromatic N) is 1. The number of likely N-dealkylation sites (tertiary alicyclic amines) is 1. The van der Waals surface area contributed by atoms with Gasteiger partial charge < -0.3 is 10.2 Å². The third-order valence-electron chi connectivity index (χ3n) is 4.02. The van der Waals surface area contributed by atoms with Crippen LogP contribution in [-0.2, 0) is 4.79 Å². The second-order valence-corrected chi connectivity index (χ2v) is 5.52. The first-order valence-corrected chi connectivity index (χ1v) is 7.32. The van der Waals surface area contributed by atoms with Crippen LogP contribution in [-0.4, -0.2) is 35.5 Å². The minimum Gasteiger partial charge on any atom is -0.338 e. The Morgan fingerprint density at radius 1 is 1.35 bits per heavy atom. The van der Waals surface area contributed by atoms with Crippen LogP contribution in [0.3, 0.4) is 0 Å². The van der Waals surface area contributed by atoms with E-state index in [-0.39, 0.29) is 6.04 Å². The molecule has 98 valence electrons. The normalized spacial score (nSPS) is 27.3. The molecule has 1 aliphatic heterocycles. The maximum Gasteiger partial charge on any atom is 0.239 e. The van der Waals surface area contributed by atoms with E-state index in [0.29, 0.717) is 18.0 Å². The first kappa shape index (κ1) is 12.9. The standard InChI is InChI=1S/C14H26N2O/c1-3-6-12(4-2)16-10-5-7-13(14(16)17)15-11-8-9-11/h11-13,15H,3-10H2,1-2H3. The number of nitrogens with one attached hydrogen (secondary N) is 1. The van der Waals surface area contributed by atoms with Crippen LogP contribution in [0.1, 0.15) is 58.8 Å². The molecular weight excluding hydrogens is 212 g/mol. The lowest BCUT2D eigenvalue weighted by atomic mass is 9.99. The third-order valence-corrected chi connectivity index (χ3v) is 4.02. The molecule has 2 fully saturated rings. The van der Waals surface area contributed by atoms with Crippen LogP contribution in [0.4, 0.5) is 0 Å². The minimum atomic E-state index is 0.113. The molecule has 2 atom stereocenters. The molecule has 0 bridgehead atoms. The third kappa shape index (κ3) is 3.21. The van der Waals surface area contributed by atoms with Crippen molar-refractivity contribution >= 4 is 5.91 Å². The van der Waals surface area contributed by atoms with Gasteiger partial charge in [0, 0.05) is 18.6 Å². The van der Waals surface area contributed by atoms with Crippen LogP contribution in [0.15, 0.2) is 0 Å². The summed E-state index contributed by atoms with van der Waals surface area (Å²) in [7, 11) is 0. The molecule has 2 aliphatic rings. The zero-order chi connectivity index (χ0) is 12.3. The van der Waals surface area contributed by atoms with Crippen molar-refractivity contribution in [3.63, 3.8) is 0 Å². The van der Waals surface area contributed by atoms with Crippen molar-refractivity contribution < 1.29 is 4.79 Å². The van der Waals surface area contributed by atoms with E-state index < -0.39 is 0 Å². The smallest absolute Gasteiger partial charge is 0.239 e. The van der Waals surface area contributed by atoms with Gasteiger partial charge in [-0.1, -0.05) is 20.3 Å². The van der Waals surface area contributed by atoms with Crippen LogP contribution in [0.2, 0.25) is 0 Å². The topological polar surface area (TPSA) is 32.3 Å². The Labute approximate surface area is 105 Å². The Balaban J connectivity index is 1.93. The van der Waals surface area contributed by atoms with E-state index in [1.165, 1.54) is 19.3 Å². The highest BCUT2D eigenvalue weighted by Crippen LogP contribution is 2.24. The van der Waals surface area contributed by atoms with Crippen LogP contribution in [0, 0.1) is 0 Å². The Kier molecular flexibility index (Phi) is 4.43. The Bertz CT molecular complexity index is 263. The highest BCUT2D eigenvalue weighted by atomic mass is 16.2. The van der Waals surface area contributed by atoms with Gasteiger partial charge in [-0.25, -0.2) is 0 Å². The van der Waals surface area contributed by atoms with Gasteiger partial charge in [0.1, 0.15) is 0 Å². The highest BCUT2D eigenvalue weighted by molar-refractivity contribution is 5.83. The molecule has 1 aliphatic carbocycles. The van der Waals surface area contributed by atoms with E-state index >= 15 is 0 Å². The van der Waals surface area contributed by atoms with Crippen molar-refractivity contribution in [2.24, 2.45) is 0 Å². The second kappa shape index (κ2) is 5.85. The molecule has 2 unspecified atom stereocenters. The van der Waals surface area contributed by atoms with Gasteiger partial charge in [-0.15, -0.1) is 0 Å². The van der Waals surface area contributed by atoms with Crippen LogP contribution in [0.5, 0.6) is 0 Å². The van der Waals surface area contributed by atoms with Crippen molar-refractivity contribution in [1.82, 2.24) is 10.2 Å². The largest absolute Gasteiger partial charge is 0.338 e. The summed E-state index contributed by atoms with van der Waals surface area (Å²) in [6, 6.07) is 1.22. The Hall–Kier alpha value is -0.570. The van der Waals surface area contributed by atoms with E-state index in [9.17, 15) is 4.79 Å². The van der Waals surface area contributed by atoms with E-state index in [4.69, 9.17) is 0 Å². The van der Waals surface area contributed by atoms with Crippen molar-refractivity contribution in [2.75, 3.05) is 6.54 Å². The van der Waals surface area contributed by atoms with Gasteiger partial charge in [0.2, 0.25) is 5.91 Å². The van der Waals surface area contributed by atoms with E-state index in [1.807, 2.05) is 0 Å². The van der Waals surface area contributed by atoms with Gasteiger partial charge >= 0.3 is 0 Å². The second-order valence-electron chi connectivity index (χ2n) is 5.52. The van der Waals surface area contributed by atoms with Crippen LogP contribution >= 0.6 is 0 Å². The predicted octanol–water partition coefficient (Wildman–Crippen LogP) is 2.31. The summed E-state index contributed by atoms with van der Waals surface area (Å²) >= 11 is 0. The predicted molar refractivity (Wildman–Crippen MR) is 69.9 cm³/mol. The van der Waals surface area contributed by atoms with Gasteiger partial charge in [-0.05, 0) is 38.5 Å². The molecule has 0 spiro atoms. The van der Waals surface area contributed by atoms with Crippen molar-refractivity contribution in [2.45, 2.75) is 76.9 Å². The highest BCUT2D eigenvalue weighted by Gasteiger charge is 2.35. The molecule has 1 saturated heterocycles. The molecule has 0 radical (unpaired) electrons. The molecule has 0 aromatic rings. The first-order chi connectivity index (χ1) is 8.26. The fourth-order valence-corrected chi connectivity index (χ4v) is 2.86. The summed E-state index contributed by atoms with van der Waals surface area (Å²) in [6.45, 7) is 5.38. The summed E-state index contributed by atoms with van der Waals surface area (Å²) in [6.07, 6.45) is 8.13. The van der Waals surface area contributed by atoms with Crippen molar-refractivity contribution in [1.29, 1.82) is 0 Å². The molecule has 1 amide bonds. The van der Waals surface area contributed by atoms with E-state index in [2.05, 4.69) is 24.1 Å². The zero-order valence-corrected chi connectivity index (χ0v) is 11.2. The Morgan fingerprint density at radius 2 is 2.12 bits per heavy atom. The minimum absolute atomic E-state index is 0.113. The average Bonchev–Trinajstić information content (AvgIpc) is 3.13. The monoisotopic (exact) mass is 238 g/mol. The van der Waals surface area contributed by atoms with Gasteiger partial charge in [0.15, 0.2) is 0 Å². The van der Waals surface area contributed by atoms with Crippen molar-refractivity contribution in [3.05, 3.63) is 0 Å². The summed E-state index contributed by atoms with van der Waals surface area (Å²) in [5.74, 6) is 0.364. The maximum atomic E-state index is 12.4. The number of carbonyl (C=O) groups excluding carboxylic acids is 1. The molecular formula is C14H26N2O. The SMILES string of the molecule is CCCC(CC)N1CCCC(NC2CC2)C1=O. The van der Waals surface area contributed by atoms with Gasteiger partial charge in [0.05, 0.1) is 6.04 Å². The van der Waals surface area contributed by atoms with Crippen molar-refractivity contribution in [3.8, 4) is 0 Å². The molecule has 1 saturated carbocycles. The van der Waals surface area contributed by atoms with Gasteiger partial charge in [-0.3, -0.25) is 4.79 Å². The number of amides is 1. The molecule has 0 aromatic heterocycles. The number of hydrogen-bond donors (Lipinski definition) is 1. The van der Waals surface area contributed by atoms with E-state index in [1.54, 1.807) is 0 Å². The average molecular weight is 238 g/mol. The first-order valence-electron chi connectivity index (χ1n) is 7.32. The fourth-order valence-electron chi connectivity index (χ4n) is 2.86. The van der Waals surface area contributed by atoms with Gasteiger partial charge in [0.25, 0.3) is 0 Å². The molecule has 1 N–H and O–H groups in total. The number of carbonyl (C=O) groups is 1. The van der Waals surface area contributed by atoms with Crippen LogP contribution in [0.25, 0.3) is 0 Å². The maximum absolute atomic E-state index is 12.4. The van der Waals surface area contributed by atoms with E-state index in [0.717, 1.165) is 32.2 Å². The molecule has 1 heterocycles. The number of hydrogen-bond acceptors (Lipinski definition) is 2. The summed E-state index contributed by atoms with van der Waals surface area (Å²) in [5, 5.41) is 3.50. The Morgan fingerprint density at radius 3 is 2.71 bits per heavy atom. The fraction of sp³-hybridized carbons (Fsp3) is 0.929. The lowest BCUT2D eigenvalue weighted by Gasteiger charge is -2.38. The molecule has 0 aromatic carbocycles. The van der Waals surface area contributed by atoms with Gasteiger partial charge in [-0.2, -0.15) is 0 Å². The number of piperidine rings is 1. The zero-order valence-electron chi connectivity index (χ0n) is 11.2. The molecule has 17 heavy (non-hydrogen) atoms. The molecule has 2 rings (SSSR count). The number of rotatable bonds is 6. The quantitative estimate of drug-likeness (QED) is 0.770. The summed E-state index contributed by atoms with van der Waals surface area (Å²) in [4.78, 5) is 14.6. The molecule has 3 heteroatoms. The summed E-state index contributed by atoms with van der Waals surface area (Å²) < 4.78 is 0.